The molecule has 9 heteroatoms. The van der Waals surface area contributed by atoms with Gasteiger partial charge >= 0.3 is 6.18 Å². The minimum atomic E-state index is -4.67. The topological polar surface area (TPSA) is 61.2 Å². The van der Waals surface area contributed by atoms with Gasteiger partial charge in [-0.3, -0.25) is 0 Å². The van der Waals surface area contributed by atoms with E-state index in [1.807, 2.05) is 6.92 Å². The first-order valence-electron chi connectivity index (χ1n) is 10.0. The summed E-state index contributed by atoms with van der Waals surface area (Å²) in [5.41, 5.74) is 0.397. The predicted molar refractivity (Wildman–Crippen MR) is 120 cm³/mol. The summed E-state index contributed by atoms with van der Waals surface area (Å²) in [6, 6.07) is 17.4. The monoisotopic (exact) mass is 472 g/mol. The highest BCUT2D eigenvalue weighted by Gasteiger charge is 2.32. The number of halogens is 3. The van der Waals surface area contributed by atoms with Crippen molar-refractivity contribution in [3.05, 3.63) is 89.7 Å². The molecule has 0 atom stereocenters. The molecule has 0 bridgehead atoms. The van der Waals surface area contributed by atoms with Gasteiger partial charge in [0, 0.05) is 0 Å². The number of ether oxygens (including phenoxy) is 1. The van der Waals surface area contributed by atoms with Crippen molar-refractivity contribution < 1.29 is 26.3 Å². The van der Waals surface area contributed by atoms with Crippen molar-refractivity contribution >= 4 is 33.2 Å². The van der Waals surface area contributed by atoms with Crippen LogP contribution in [0.25, 0.3) is 23.2 Å². The van der Waals surface area contributed by atoms with Crippen molar-refractivity contribution in [2.45, 2.75) is 18.0 Å². The molecule has 0 aliphatic rings. The number of imidazole rings is 1. The highest BCUT2D eigenvalue weighted by molar-refractivity contribution is 7.90. The Morgan fingerprint density at radius 1 is 0.970 bits per heavy atom. The number of aromatic nitrogens is 2. The molecule has 0 saturated carbocycles. The van der Waals surface area contributed by atoms with E-state index in [0.29, 0.717) is 23.9 Å². The van der Waals surface area contributed by atoms with E-state index in [1.54, 1.807) is 54.6 Å². The highest BCUT2D eigenvalue weighted by atomic mass is 32.2. The largest absolute Gasteiger partial charge is 0.494 e. The lowest BCUT2D eigenvalue weighted by molar-refractivity contribution is -0.137. The van der Waals surface area contributed by atoms with Crippen molar-refractivity contribution in [3.8, 4) is 5.75 Å². The van der Waals surface area contributed by atoms with E-state index in [2.05, 4.69) is 4.98 Å². The minimum absolute atomic E-state index is 0.0718. The molecular formula is C24H19F3N2O3S. The molecule has 0 aliphatic heterocycles. The Kier molecular flexibility index (Phi) is 5.99. The van der Waals surface area contributed by atoms with E-state index in [1.165, 1.54) is 6.08 Å². The van der Waals surface area contributed by atoms with E-state index in [-0.39, 0.29) is 11.3 Å². The van der Waals surface area contributed by atoms with Crippen molar-refractivity contribution in [2.75, 3.05) is 6.61 Å². The number of alkyl halides is 3. The second-order valence-electron chi connectivity index (χ2n) is 7.09. The zero-order chi connectivity index (χ0) is 23.6. The van der Waals surface area contributed by atoms with Gasteiger partial charge in [0.25, 0.3) is 10.0 Å². The quantitative estimate of drug-likeness (QED) is 0.353. The predicted octanol–water partition coefficient (Wildman–Crippen LogP) is 5.86. The first-order valence-corrected chi connectivity index (χ1v) is 11.5. The number of para-hydroxylation sites is 2. The summed E-state index contributed by atoms with van der Waals surface area (Å²) in [7, 11) is -4.37. The molecular weight excluding hydrogens is 453 g/mol. The zero-order valence-electron chi connectivity index (χ0n) is 17.5. The Morgan fingerprint density at radius 2 is 1.70 bits per heavy atom. The van der Waals surface area contributed by atoms with Gasteiger partial charge < -0.3 is 4.74 Å². The van der Waals surface area contributed by atoms with Crippen LogP contribution in [-0.2, 0) is 16.2 Å². The lowest BCUT2D eigenvalue weighted by atomic mass is 10.2. The van der Waals surface area contributed by atoms with Crippen LogP contribution < -0.4 is 4.74 Å². The van der Waals surface area contributed by atoms with Gasteiger partial charge in [-0.25, -0.2) is 17.4 Å². The lowest BCUT2D eigenvalue weighted by Crippen LogP contribution is -2.16. The van der Waals surface area contributed by atoms with Crippen LogP contribution in [0.1, 0.15) is 23.9 Å². The summed E-state index contributed by atoms with van der Waals surface area (Å²) < 4.78 is 72.8. The molecule has 1 aromatic heterocycles. The van der Waals surface area contributed by atoms with Gasteiger partial charge in [0.1, 0.15) is 11.6 Å². The maximum absolute atomic E-state index is 13.4. The van der Waals surface area contributed by atoms with Crippen molar-refractivity contribution in [3.63, 3.8) is 0 Å². The van der Waals surface area contributed by atoms with Crippen LogP contribution in [-0.4, -0.2) is 24.0 Å². The molecule has 4 aromatic rings. The Labute approximate surface area is 188 Å². The Bertz CT molecular complexity index is 1420. The van der Waals surface area contributed by atoms with Gasteiger partial charge in [-0.15, -0.1) is 0 Å². The average Bonchev–Trinajstić information content (AvgIpc) is 3.17. The number of hydrogen-bond acceptors (Lipinski definition) is 4. The summed E-state index contributed by atoms with van der Waals surface area (Å²) in [6.07, 6.45) is -1.48. The number of nitrogens with zero attached hydrogens (tertiary/aromatic N) is 2. The second kappa shape index (κ2) is 8.74. The van der Waals surface area contributed by atoms with E-state index in [9.17, 15) is 21.6 Å². The van der Waals surface area contributed by atoms with E-state index in [4.69, 9.17) is 4.74 Å². The van der Waals surface area contributed by atoms with E-state index in [0.717, 1.165) is 27.7 Å². The summed E-state index contributed by atoms with van der Waals surface area (Å²) in [5, 5.41) is 0. The molecule has 0 saturated heterocycles. The smallest absolute Gasteiger partial charge is 0.416 e. The van der Waals surface area contributed by atoms with Gasteiger partial charge in [0.15, 0.2) is 0 Å². The van der Waals surface area contributed by atoms with Crippen molar-refractivity contribution in [2.24, 2.45) is 0 Å². The third-order valence-corrected chi connectivity index (χ3v) is 6.57. The van der Waals surface area contributed by atoms with Crippen molar-refractivity contribution in [1.29, 1.82) is 0 Å². The van der Waals surface area contributed by atoms with Crippen molar-refractivity contribution in [1.82, 2.24) is 8.96 Å². The van der Waals surface area contributed by atoms with Crippen LogP contribution in [0.4, 0.5) is 13.2 Å². The summed E-state index contributed by atoms with van der Waals surface area (Å²) in [4.78, 5) is 3.91. The van der Waals surface area contributed by atoms with E-state index < -0.39 is 26.7 Å². The molecule has 0 unspecified atom stereocenters. The minimum Gasteiger partial charge on any atom is -0.494 e. The van der Waals surface area contributed by atoms with Crippen LogP contribution >= 0.6 is 0 Å². The molecule has 5 nitrogen and oxygen atoms in total. The molecule has 0 spiro atoms. The van der Waals surface area contributed by atoms with Gasteiger partial charge in [-0.05, 0) is 61.0 Å². The fourth-order valence-electron chi connectivity index (χ4n) is 3.33. The lowest BCUT2D eigenvalue weighted by Gasteiger charge is -2.12. The number of benzene rings is 3. The SMILES string of the molecule is CCOc1ccc(/C=C/c2nc3ccccc3n2S(=O)(=O)c2cccc(C(F)(F)F)c2)cc1. The van der Waals surface area contributed by atoms with Gasteiger partial charge in [-0.1, -0.05) is 36.4 Å². The molecule has 4 rings (SSSR count). The summed E-state index contributed by atoms with van der Waals surface area (Å²) in [6.45, 7) is 2.41. The summed E-state index contributed by atoms with van der Waals surface area (Å²) in [5.74, 6) is 0.775. The van der Waals surface area contributed by atoms with Crippen LogP contribution in [0.5, 0.6) is 5.75 Å². The Balaban J connectivity index is 1.81. The maximum Gasteiger partial charge on any atom is 0.416 e. The summed E-state index contributed by atoms with van der Waals surface area (Å²) >= 11 is 0. The molecule has 0 fully saturated rings. The fourth-order valence-corrected chi connectivity index (χ4v) is 4.83. The second-order valence-corrected chi connectivity index (χ2v) is 8.88. The molecule has 0 amide bonds. The van der Waals surface area contributed by atoms with Crippen LogP contribution in [0.2, 0.25) is 0 Å². The first kappa shape index (κ1) is 22.6. The molecule has 3 aromatic carbocycles. The normalized spacial score (nSPS) is 12.5. The average molecular weight is 472 g/mol. The fraction of sp³-hybridized carbons (Fsp3) is 0.125. The molecule has 0 aliphatic carbocycles. The zero-order valence-corrected chi connectivity index (χ0v) is 18.3. The van der Waals surface area contributed by atoms with Gasteiger partial charge in [0.2, 0.25) is 0 Å². The number of hydrogen-bond donors (Lipinski definition) is 0. The van der Waals surface area contributed by atoms with Gasteiger partial charge in [-0.2, -0.15) is 13.2 Å². The van der Waals surface area contributed by atoms with E-state index >= 15 is 0 Å². The Hall–Kier alpha value is -3.59. The Morgan fingerprint density at radius 3 is 2.39 bits per heavy atom. The molecule has 170 valence electrons. The van der Waals surface area contributed by atoms with Crippen LogP contribution in [0, 0.1) is 0 Å². The highest BCUT2D eigenvalue weighted by Crippen LogP contribution is 2.32. The first-order chi connectivity index (χ1) is 15.7. The third-order valence-electron chi connectivity index (χ3n) is 4.86. The molecule has 0 radical (unpaired) electrons. The standard InChI is InChI=1S/C24H19F3N2O3S/c1-2-32-19-13-10-17(11-14-19)12-15-23-28-21-8-3-4-9-22(21)29(23)33(30,31)20-7-5-6-18(16-20)24(25,26)27/h3-16H,2H2,1H3/b15-12+. The van der Waals surface area contributed by atoms with Crippen LogP contribution in [0.15, 0.2) is 77.7 Å². The number of fused-ring (bicyclic) bond motifs is 1. The van der Waals surface area contributed by atoms with Gasteiger partial charge in [0.05, 0.1) is 28.1 Å². The maximum atomic E-state index is 13.4. The number of rotatable bonds is 6. The molecule has 1 heterocycles. The third kappa shape index (κ3) is 4.63. The van der Waals surface area contributed by atoms with Crippen LogP contribution in [0.3, 0.4) is 0 Å². The molecule has 33 heavy (non-hydrogen) atoms. The molecule has 0 N–H and O–H groups in total.